The van der Waals surface area contributed by atoms with Crippen molar-refractivity contribution < 1.29 is 9.68 Å². The van der Waals surface area contributed by atoms with Gasteiger partial charge in [0.05, 0.1) is 10.4 Å². The van der Waals surface area contributed by atoms with Crippen molar-refractivity contribution in [1.29, 1.82) is 0 Å². The van der Waals surface area contributed by atoms with E-state index < -0.39 is 0 Å². The van der Waals surface area contributed by atoms with Gasteiger partial charge in [0, 0.05) is 26.8 Å². The predicted octanol–water partition coefficient (Wildman–Crippen LogP) is 6.43. The van der Waals surface area contributed by atoms with Gasteiger partial charge in [-0.15, -0.1) is 11.3 Å². The molecule has 0 aliphatic carbocycles. The van der Waals surface area contributed by atoms with E-state index in [0.717, 1.165) is 17.1 Å². The van der Waals surface area contributed by atoms with E-state index in [-0.39, 0.29) is 0 Å². The van der Waals surface area contributed by atoms with E-state index in [1.165, 1.54) is 20.2 Å². The van der Waals surface area contributed by atoms with Crippen molar-refractivity contribution in [3.63, 3.8) is 0 Å². The lowest BCUT2D eigenvalue weighted by Crippen LogP contribution is -2.10. The van der Waals surface area contributed by atoms with Crippen LogP contribution >= 0.6 is 11.3 Å². The Hall–Kier alpha value is -3.28. The molecule has 0 spiro atoms. The van der Waals surface area contributed by atoms with Gasteiger partial charge in [-0.3, -0.25) is 0 Å². The topological polar surface area (TPSA) is 32.7 Å². The fraction of sp³-hybridized carbons (Fsp3) is 0. The molecule has 0 amide bonds. The first kappa shape index (κ1) is 17.8. The second-order valence-corrected chi connectivity index (χ2v) is 7.69. The average molecular weight is 394 g/mol. The van der Waals surface area contributed by atoms with Crippen molar-refractivity contribution in [2.24, 2.45) is 0 Å². The second-order valence-electron chi connectivity index (χ2n) is 6.64. The van der Waals surface area contributed by atoms with Crippen molar-refractivity contribution >= 4 is 56.3 Å². The zero-order valence-corrected chi connectivity index (χ0v) is 16.3. The van der Waals surface area contributed by atoms with Crippen LogP contribution in [0.1, 0.15) is 0 Å². The van der Waals surface area contributed by atoms with Gasteiger partial charge in [0.1, 0.15) is 5.75 Å². The minimum Gasteiger partial charge on any atom is -0.537 e. The molecular formula is C24H17BNO2S. The molecule has 4 aromatic carbocycles. The largest absolute Gasteiger partial charge is 0.569 e. The first-order chi connectivity index (χ1) is 14.3. The summed E-state index contributed by atoms with van der Waals surface area (Å²) in [6, 6.07) is 33.0. The Morgan fingerprint density at radius 2 is 1.38 bits per heavy atom. The molecule has 5 rings (SSSR count). The van der Waals surface area contributed by atoms with E-state index >= 15 is 0 Å². The van der Waals surface area contributed by atoms with Crippen molar-refractivity contribution in [1.82, 2.24) is 0 Å². The molecule has 0 fully saturated rings. The number of anilines is 3. The summed E-state index contributed by atoms with van der Waals surface area (Å²) >= 11 is 1.81. The van der Waals surface area contributed by atoms with Crippen LogP contribution in [0.4, 0.5) is 17.1 Å². The van der Waals surface area contributed by atoms with Crippen LogP contribution in [-0.4, -0.2) is 12.7 Å². The summed E-state index contributed by atoms with van der Waals surface area (Å²) in [6.07, 6.45) is 0. The van der Waals surface area contributed by atoms with E-state index in [1.807, 2.05) is 53.8 Å². The Morgan fingerprint density at radius 1 is 0.690 bits per heavy atom. The van der Waals surface area contributed by atoms with Crippen LogP contribution in [0.3, 0.4) is 0 Å². The third-order valence-corrected chi connectivity index (χ3v) is 6.13. The Morgan fingerprint density at radius 3 is 2.17 bits per heavy atom. The molecule has 0 unspecified atom stereocenters. The fourth-order valence-electron chi connectivity index (χ4n) is 3.65. The van der Waals surface area contributed by atoms with Crippen LogP contribution in [0.15, 0.2) is 97.1 Å². The molecule has 1 heterocycles. The zero-order chi connectivity index (χ0) is 19.6. The molecule has 139 valence electrons. The maximum absolute atomic E-state index is 8.89. The lowest BCUT2D eigenvalue weighted by molar-refractivity contribution is 0.454. The van der Waals surface area contributed by atoms with Crippen molar-refractivity contribution in [2.75, 3.05) is 4.90 Å². The number of thiophene rings is 1. The molecule has 29 heavy (non-hydrogen) atoms. The summed E-state index contributed by atoms with van der Waals surface area (Å²) in [7, 11) is 0.696. The molecule has 5 aromatic rings. The number of fused-ring (bicyclic) bond motifs is 3. The Bertz CT molecular complexity index is 1270. The number of rotatable bonds is 5. The third-order valence-electron chi connectivity index (χ3n) is 4.92. The Kier molecular flexibility index (Phi) is 4.68. The van der Waals surface area contributed by atoms with Gasteiger partial charge in [-0.05, 0) is 48.5 Å². The monoisotopic (exact) mass is 394 g/mol. The fourth-order valence-corrected chi connectivity index (χ4v) is 4.85. The van der Waals surface area contributed by atoms with E-state index in [4.69, 9.17) is 9.68 Å². The van der Waals surface area contributed by atoms with Crippen molar-refractivity contribution in [3.05, 3.63) is 97.1 Å². The molecular weight excluding hydrogens is 377 g/mol. The van der Waals surface area contributed by atoms with Crippen LogP contribution in [0.25, 0.3) is 20.2 Å². The molecule has 0 atom stereocenters. The molecule has 1 radical (unpaired) electrons. The quantitative estimate of drug-likeness (QED) is 0.349. The van der Waals surface area contributed by atoms with Crippen LogP contribution in [0, 0.1) is 0 Å². The molecule has 3 nitrogen and oxygen atoms in total. The lowest BCUT2D eigenvalue weighted by Gasteiger charge is -2.26. The number of benzene rings is 4. The van der Waals surface area contributed by atoms with E-state index in [1.54, 1.807) is 0 Å². The van der Waals surface area contributed by atoms with Crippen LogP contribution in [0.2, 0.25) is 0 Å². The summed E-state index contributed by atoms with van der Waals surface area (Å²) in [4.78, 5) is 2.25. The Balaban J connectivity index is 1.73. The number of para-hydroxylation sites is 1. The maximum atomic E-state index is 8.89. The Labute approximate surface area is 173 Å². The minimum absolute atomic E-state index is 0.587. The summed E-state index contributed by atoms with van der Waals surface area (Å²) in [5.74, 6) is 0.587. The highest BCUT2D eigenvalue weighted by Crippen LogP contribution is 2.44. The van der Waals surface area contributed by atoms with Crippen LogP contribution in [0.5, 0.6) is 5.75 Å². The lowest BCUT2D eigenvalue weighted by atomic mass is 10.1. The second kappa shape index (κ2) is 7.62. The molecule has 5 heteroatoms. The molecule has 0 saturated carbocycles. The average Bonchev–Trinajstić information content (AvgIpc) is 3.16. The highest BCUT2D eigenvalue weighted by Gasteiger charge is 2.17. The summed E-state index contributed by atoms with van der Waals surface area (Å²) in [5.41, 5.74) is 3.24. The zero-order valence-electron chi connectivity index (χ0n) is 15.5. The highest BCUT2D eigenvalue weighted by molar-refractivity contribution is 7.26. The van der Waals surface area contributed by atoms with E-state index in [0.29, 0.717) is 13.4 Å². The van der Waals surface area contributed by atoms with Gasteiger partial charge in [-0.1, -0.05) is 48.5 Å². The van der Waals surface area contributed by atoms with Crippen molar-refractivity contribution in [3.8, 4) is 5.75 Å². The van der Waals surface area contributed by atoms with Crippen LogP contribution in [-0.2, 0) is 0 Å². The van der Waals surface area contributed by atoms with Gasteiger partial charge in [0.15, 0.2) is 0 Å². The molecule has 0 aliphatic heterocycles. The normalized spacial score (nSPS) is 10.9. The van der Waals surface area contributed by atoms with E-state index in [9.17, 15) is 0 Å². The molecule has 0 bridgehead atoms. The first-order valence-corrected chi connectivity index (χ1v) is 10.1. The summed E-state index contributed by atoms with van der Waals surface area (Å²) in [6.45, 7) is 0. The van der Waals surface area contributed by atoms with Crippen LogP contribution < -0.4 is 9.55 Å². The van der Waals surface area contributed by atoms with Gasteiger partial charge in [-0.2, -0.15) is 0 Å². The van der Waals surface area contributed by atoms with Gasteiger partial charge in [0.2, 0.25) is 0 Å². The van der Waals surface area contributed by atoms with Gasteiger partial charge in [0.25, 0.3) is 0 Å². The molecule has 0 saturated heterocycles. The van der Waals surface area contributed by atoms with Gasteiger partial charge >= 0.3 is 7.69 Å². The van der Waals surface area contributed by atoms with Gasteiger partial charge in [-0.25, -0.2) is 0 Å². The third kappa shape index (κ3) is 3.25. The highest BCUT2D eigenvalue weighted by atomic mass is 32.1. The summed E-state index contributed by atoms with van der Waals surface area (Å²) in [5, 5.41) is 11.4. The number of hydrogen-bond donors (Lipinski definition) is 1. The van der Waals surface area contributed by atoms with E-state index in [2.05, 4.69) is 59.5 Å². The molecule has 1 N–H and O–H groups in total. The molecule has 0 aliphatic rings. The standard InChI is InChI=1S/C24H17BNO2S/c27-25-28-19-15-13-18(14-16-19)26(17-7-2-1-3-8-17)22-11-6-10-21-20-9-4-5-12-23(20)29-24(21)22/h1-16,27H. The smallest absolute Gasteiger partial charge is 0.537 e. The predicted molar refractivity (Wildman–Crippen MR) is 123 cm³/mol. The summed E-state index contributed by atoms with van der Waals surface area (Å²) < 4.78 is 7.61. The minimum atomic E-state index is 0.587. The van der Waals surface area contributed by atoms with Gasteiger partial charge < -0.3 is 14.6 Å². The van der Waals surface area contributed by atoms with Crippen molar-refractivity contribution in [2.45, 2.75) is 0 Å². The maximum Gasteiger partial charge on any atom is 0.569 e. The molecule has 1 aromatic heterocycles. The number of hydrogen-bond acceptors (Lipinski definition) is 4. The SMILES string of the molecule is O[B]Oc1ccc(N(c2ccccc2)c2cccc3c2sc2ccccc23)cc1. The number of nitrogens with zero attached hydrogens (tertiary/aromatic N) is 1. The first-order valence-electron chi connectivity index (χ1n) is 9.33.